The van der Waals surface area contributed by atoms with Crippen LogP contribution in [0.2, 0.25) is 0 Å². The Morgan fingerprint density at radius 3 is 1.85 bits per heavy atom. The fraction of sp³-hybridized carbons (Fsp3) is 0.733. The van der Waals surface area contributed by atoms with Crippen LogP contribution in [0, 0.1) is 5.92 Å². The largest absolute Gasteiger partial charge is 0.465 e. The van der Waals surface area contributed by atoms with Crippen LogP contribution in [0.15, 0.2) is 12.2 Å². The summed E-state index contributed by atoms with van der Waals surface area (Å²) in [6, 6.07) is 0. The van der Waals surface area contributed by atoms with E-state index in [0.29, 0.717) is 6.42 Å². The van der Waals surface area contributed by atoms with Crippen LogP contribution in [0.5, 0.6) is 0 Å². The van der Waals surface area contributed by atoms with Crippen LogP contribution < -0.4 is 0 Å². The molecule has 0 aromatic heterocycles. The van der Waals surface area contributed by atoms with E-state index in [-0.39, 0.29) is 13.2 Å². The number of likely N-dealkylation sites (N-methyl/N-ethyl adjacent to an activating group) is 1. The molecule has 0 unspecified atom stereocenters. The van der Waals surface area contributed by atoms with Crippen LogP contribution in [0.4, 0.5) is 0 Å². The highest BCUT2D eigenvalue weighted by atomic mass is 16.6. The van der Waals surface area contributed by atoms with Crippen LogP contribution in [-0.2, 0) is 19.1 Å². The van der Waals surface area contributed by atoms with Gasteiger partial charge < -0.3 is 14.4 Å². The fourth-order valence-electron chi connectivity index (χ4n) is 1.71. The first-order valence-corrected chi connectivity index (χ1v) is 7.31. The highest BCUT2D eigenvalue weighted by molar-refractivity contribution is 5.95. The Kier molecular flexibility index (Phi) is 10.7. The smallest absolute Gasteiger partial charge is 0.320 e. The average molecular weight is 285 g/mol. The van der Waals surface area contributed by atoms with Gasteiger partial charge in [0.05, 0.1) is 13.2 Å². The van der Waals surface area contributed by atoms with Crippen LogP contribution in [0.3, 0.4) is 0 Å². The molecule has 0 radical (unpaired) electrons. The number of rotatable bonds is 10. The maximum atomic E-state index is 11.7. The summed E-state index contributed by atoms with van der Waals surface area (Å²) in [7, 11) is 0. The van der Waals surface area contributed by atoms with Crippen molar-refractivity contribution < 1.29 is 19.1 Å². The van der Waals surface area contributed by atoms with Crippen LogP contribution >= 0.6 is 0 Å². The van der Waals surface area contributed by atoms with Crippen molar-refractivity contribution in [3.05, 3.63) is 12.2 Å². The number of esters is 2. The summed E-state index contributed by atoms with van der Waals surface area (Å²) in [5.74, 6) is -1.89. The van der Waals surface area contributed by atoms with Gasteiger partial charge in [-0.25, -0.2) is 0 Å². The number of hydrogen-bond donors (Lipinski definition) is 0. The lowest BCUT2D eigenvalue weighted by Gasteiger charge is -2.15. The number of carbonyl (C=O) groups excluding carboxylic acids is 2. The molecule has 20 heavy (non-hydrogen) atoms. The van der Waals surface area contributed by atoms with Crippen molar-refractivity contribution >= 4 is 11.9 Å². The zero-order chi connectivity index (χ0) is 15.4. The number of ether oxygens (including phenoxy) is 2. The molecule has 0 aliphatic rings. The molecule has 0 saturated heterocycles. The molecule has 5 heteroatoms. The van der Waals surface area contributed by atoms with Crippen molar-refractivity contribution in [3.8, 4) is 0 Å². The Morgan fingerprint density at radius 1 is 0.950 bits per heavy atom. The number of allylic oxidation sites excluding steroid dienone is 1. The first-order valence-electron chi connectivity index (χ1n) is 7.31. The normalized spacial score (nSPS) is 11.3. The van der Waals surface area contributed by atoms with E-state index in [0.717, 1.165) is 19.6 Å². The average Bonchev–Trinajstić information content (AvgIpc) is 2.43. The molecule has 0 aromatic carbocycles. The van der Waals surface area contributed by atoms with Gasteiger partial charge >= 0.3 is 11.9 Å². The first kappa shape index (κ1) is 18.6. The lowest BCUT2D eigenvalue weighted by atomic mass is 10.1. The summed E-state index contributed by atoms with van der Waals surface area (Å²) < 4.78 is 9.82. The van der Waals surface area contributed by atoms with Gasteiger partial charge in [-0.05, 0) is 33.4 Å². The fourth-order valence-corrected chi connectivity index (χ4v) is 1.71. The van der Waals surface area contributed by atoms with E-state index in [1.54, 1.807) is 13.8 Å². The van der Waals surface area contributed by atoms with Gasteiger partial charge in [-0.1, -0.05) is 26.0 Å². The molecular formula is C15H27NO4. The highest BCUT2D eigenvalue weighted by Gasteiger charge is 2.28. The maximum Gasteiger partial charge on any atom is 0.320 e. The molecule has 5 nitrogen and oxygen atoms in total. The SMILES string of the molecule is CCOC(=O)C(CC=CCN(CC)CC)C(=O)OCC. The standard InChI is InChI=1S/C15H27NO4/c1-5-16(6-2)12-10-9-11-13(14(17)19-7-3)15(18)20-8-4/h9-10,13H,5-8,11-12H2,1-4H3. The molecule has 0 saturated carbocycles. The van der Waals surface area contributed by atoms with Crippen molar-refractivity contribution in [2.45, 2.75) is 34.1 Å². The molecule has 0 fully saturated rings. The Balaban J connectivity index is 4.45. The highest BCUT2D eigenvalue weighted by Crippen LogP contribution is 2.10. The van der Waals surface area contributed by atoms with Crippen molar-refractivity contribution in [1.29, 1.82) is 0 Å². The summed E-state index contributed by atoms with van der Waals surface area (Å²) in [4.78, 5) is 25.7. The second-order valence-corrected chi connectivity index (χ2v) is 4.25. The molecule has 0 aliphatic heterocycles. The summed E-state index contributed by atoms with van der Waals surface area (Å²) >= 11 is 0. The van der Waals surface area contributed by atoms with E-state index >= 15 is 0 Å². The molecular weight excluding hydrogens is 258 g/mol. The van der Waals surface area contributed by atoms with E-state index in [1.165, 1.54) is 0 Å². The quantitative estimate of drug-likeness (QED) is 0.349. The molecule has 0 bridgehead atoms. The molecule has 0 atom stereocenters. The van der Waals surface area contributed by atoms with Crippen molar-refractivity contribution in [2.75, 3.05) is 32.8 Å². The van der Waals surface area contributed by atoms with Gasteiger partial charge in [-0.3, -0.25) is 9.59 Å². The second kappa shape index (κ2) is 11.5. The zero-order valence-electron chi connectivity index (χ0n) is 13.1. The van der Waals surface area contributed by atoms with E-state index in [9.17, 15) is 9.59 Å². The topological polar surface area (TPSA) is 55.8 Å². The minimum Gasteiger partial charge on any atom is -0.465 e. The van der Waals surface area contributed by atoms with Gasteiger partial charge in [0.2, 0.25) is 0 Å². The predicted octanol–water partition coefficient (Wildman–Crippen LogP) is 2.02. The van der Waals surface area contributed by atoms with Crippen LogP contribution in [0.1, 0.15) is 34.1 Å². The number of carbonyl (C=O) groups is 2. The number of nitrogens with zero attached hydrogens (tertiary/aromatic N) is 1. The molecule has 116 valence electrons. The zero-order valence-corrected chi connectivity index (χ0v) is 13.1. The second-order valence-electron chi connectivity index (χ2n) is 4.25. The summed E-state index contributed by atoms with van der Waals surface area (Å²) in [5.41, 5.74) is 0. The Labute approximate surface area is 121 Å². The molecule has 0 N–H and O–H groups in total. The van der Waals surface area contributed by atoms with Crippen molar-refractivity contribution in [1.82, 2.24) is 4.90 Å². The Hall–Kier alpha value is -1.36. The third-order valence-electron chi connectivity index (χ3n) is 2.94. The molecule has 0 spiro atoms. The molecule has 0 heterocycles. The summed E-state index contributed by atoms with van der Waals surface area (Å²) in [6.45, 7) is 10.9. The third-order valence-corrected chi connectivity index (χ3v) is 2.94. The van der Waals surface area contributed by atoms with E-state index in [1.807, 2.05) is 12.2 Å². The van der Waals surface area contributed by atoms with E-state index < -0.39 is 17.9 Å². The van der Waals surface area contributed by atoms with Gasteiger partial charge in [0, 0.05) is 6.54 Å². The maximum absolute atomic E-state index is 11.7. The molecule has 0 amide bonds. The van der Waals surface area contributed by atoms with Crippen molar-refractivity contribution in [2.24, 2.45) is 5.92 Å². The van der Waals surface area contributed by atoms with Gasteiger partial charge in [0.15, 0.2) is 5.92 Å². The minimum absolute atomic E-state index is 0.262. The van der Waals surface area contributed by atoms with Gasteiger partial charge in [0.25, 0.3) is 0 Å². The Bertz CT molecular complexity index is 293. The first-order chi connectivity index (χ1) is 9.60. The molecule has 0 rings (SSSR count). The third kappa shape index (κ3) is 7.28. The predicted molar refractivity (Wildman–Crippen MR) is 78.3 cm³/mol. The van der Waals surface area contributed by atoms with Crippen LogP contribution in [0.25, 0.3) is 0 Å². The Morgan fingerprint density at radius 2 is 1.45 bits per heavy atom. The molecule has 0 aliphatic carbocycles. The molecule has 0 aromatic rings. The minimum atomic E-state index is -0.858. The van der Waals surface area contributed by atoms with Crippen LogP contribution in [-0.4, -0.2) is 49.7 Å². The lowest BCUT2D eigenvalue weighted by Crippen LogP contribution is -2.28. The monoisotopic (exact) mass is 285 g/mol. The van der Waals surface area contributed by atoms with Gasteiger partial charge in [0.1, 0.15) is 0 Å². The van der Waals surface area contributed by atoms with E-state index in [4.69, 9.17) is 9.47 Å². The van der Waals surface area contributed by atoms with Gasteiger partial charge in [-0.2, -0.15) is 0 Å². The number of hydrogen-bond acceptors (Lipinski definition) is 5. The van der Waals surface area contributed by atoms with Crippen molar-refractivity contribution in [3.63, 3.8) is 0 Å². The van der Waals surface area contributed by atoms with Gasteiger partial charge in [-0.15, -0.1) is 0 Å². The summed E-state index contributed by atoms with van der Waals surface area (Å²) in [5, 5.41) is 0. The lowest BCUT2D eigenvalue weighted by molar-refractivity contribution is -0.161. The summed E-state index contributed by atoms with van der Waals surface area (Å²) in [6.07, 6.45) is 4.13. The van der Waals surface area contributed by atoms with E-state index in [2.05, 4.69) is 18.7 Å².